The molecule has 6 N–H and O–H groups in total. The average Bonchev–Trinajstić information content (AvgIpc) is 3.05. The fraction of sp³-hybridized carbons (Fsp3) is 0. The zero-order valence-electron chi connectivity index (χ0n) is 24.2. The van der Waals surface area contributed by atoms with Crippen LogP contribution in [-0.2, 0) is 0 Å². The lowest BCUT2D eigenvalue weighted by atomic mass is 10.0. The molecular formula is C34H20Cl4N6O4. The van der Waals surface area contributed by atoms with Gasteiger partial charge >= 0.3 is 11.9 Å². The number of halogens is 4. The van der Waals surface area contributed by atoms with Crippen LogP contribution in [0.5, 0.6) is 0 Å². The first-order valence-electron chi connectivity index (χ1n) is 13.9. The van der Waals surface area contributed by atoms with Gasteiger partial charge in [0.15, 0.2) is 0 Å². The standard InChI is InChI=1S/C34H20Cl4N6O4/c35-23-9-15(10-24(36)31(23)43-41-27-13-21(33(45)46)17-5-1-3-7-19(17)29(27)39)16-11-25(37)32(26(38)12-16)44-42-28-14-22(34(47)48)18-6-2-4-8-20(18)30(28)40/h1-14H,39-40H2,(H,45,46)(H,47,48)/b43-41+,44-42+. The van der Waals surface area contributed by atoms with E-state index in [0.29, 0.717) is 32.7 Å². The molecule has 0 aliphatic carbocycles. The van der Waals surface area contributed by atoms with Gasteiger partial charge in [-0.2, -0.15) is 0 Å². The quantitative estimate of drug-likeness (QED) is 0.0943. The number of azo groups is 2. The summed E-state index contributed by atoms with van der Waals surface area (Å²) in [6, 6.07) is 22.6. The van der Waals surface area contributed by atoms with Crippen molar-refractivity contribution in [1.82, 2.24) is 0 Å². The molecule has 10 nitrogen and oxygen atoms in total. The van der Waals surface area contributed by atoms with E-state index in [2.05, 4.69) is 20.5 Å². The number of fused-ring (bicyclic) bond motifs is 2. The topological polar surface area (TPSA) is 176 Å². The minimum atomic E-state index is -1.14. The van der Waals surface area contributed by atoms with E-state index in [1.54, 1.807) is 72.8 Å². The number of aromatic carboxylic acids is 2. The number of carboxylic acid groups (broad SMARTS) is 2. The smallest absolute Gasteiger partial charge is 0.336 e. The number of rotatable bonds is 7. The van der Waals surface area contributed by atoms with Gasteiger partial charge in [0.25, 0.3) is 0 Å². The number of nitrogens with zero attached hydrogens (tertiary/aromatic N) is 4. The first kappa shape index (κ1) is 32.7. The molecule has 14 heteroatoms. The first-order valence-corrected chi connectivity index (χ1v) is 15.4. The minimum Gasteiger partial charge on any atom is -0.478 e. The molecule has 0 aliphatic rings. The van der Waals surface area contributed by atoms with Crippen LogP contribution in [0, 0.1) is 0 Å². The molecule has 0 saturated carbocycles. The highest BCUT2D eigenvalue weighted by Crippen LogP contribution is 2.44. The van der Waals surface area contributed by atoms with E-state index in [1.807, 2.05) is 0 Å². The number of anilines is 2. The van der Waals surface area contributed by atoms with Crippen molar-refractivity contribution in [1.29, 1.82) is 0 Å². The van der Waals surface area contributed by atoms with E-state index < -0.39 is 11.9 Å². The van der Waals surface area contributed by atoms with Crippen molar-refractivity contribution >= 4 is 114 Å². The monoisotopic (exact) mass is 716 g/mol. The fourth-order valence-electron chi connectivity index (χ4n) is 5.15. The summed E-state index contributed by atoms with van der Waals surface area (Å²) in [4.78, 5) is 23.8. The number of carbonyl (C=O) groups is 2. The van der Waals surface area contributed by atoms with Gasteiger partial charge in [0.05, 0.1) is 42.6 Å². The van der Waals surface area contributed by atoms with Gasteiger partial charge in [0.1, 0.15) is 22.7 Å². The normalized spacial score (nSPS) is 11.7. The highest BCUT2D eigenvalue weighted by molar-refractivity contribution is 6.40. The predicted molar refractivity (Wildman–Crippen MR) is 191 cm³/mol. The summed E-state index contributed by atoms with van der Waals surface area (Å²) in [5, 5.41) is 38.7. The van der Waals surface area contributed by atoms with Crippen LogP contribution in [-0.4, -0.2) is 22.2 Å². The summed E-state index contributed by atoms with van der Waals surface area (Å²) < 4.78 is 0. The molecule has 0 aliphatic heterocycles. The predicted octanol–water partition coefficient (Wildman–Crippen LogP) is 11.7. The van der Waals surface area contributed by atoms with Crippen molar-refractivity contribution in [2.45, 2.75) is 0 Å². The second-order valence-electron chi connectivity index (χ2n) is 10.4. The number of benzene rings is 6. The van der Waals surface area contributed by atoms with E-state index in [0.717, 1.165) is 0 Å². The Kier molecular flexibility index (Phi) is 8.91. The van der Waals surface area contributed by atoms with E-state index in [1.165, 1.54) is 12.1 Å². The van der Waals surface area contributed by atoms with Crippen LogP contribution < -0.4 is 11.5 Å². The lowest BCUT2D eigenvalue weighted by molar-refractivity contribution is 0.0688. The highest BCUT2D eigenvalue weighted by Gasteiger charge is 2.18. The van der Waals surface area contributed by atoms with E-state index >= 15 is 0 Å². The Morgan fingerprint density at radius 1 is 0.500 bits per heavy atom. The third-order valence-corrected chi connectivity index (χ3v) is 8.62. The summed E-state index contributed by atoms with van der Waals surface area (Å²) in [6.45, 7) is 0. The molecule has 0 saturated heterocycles. The number of nitrogen functional groups attached to an aromatic ring is 2. The van der Waals surface area contributed by atoms with Crippen molar-refractivity contribution in [2.75, 3.05) is 11.5 Å². The average molecular weight is 718 g/mol. The van der Waals surface area contributed by atoms with E-state index in [9.17, 15) is 19.8 Å². The number of nitrogens with two attached hydrogens (primary N) is 2. The number of hydrogen-bond acceptors (Lipinski definition) is 8. The largest absolute Gasteiger partial charge is 0.478 e. The molecule has 238 valence electrons. The van der Waals surface area contributed by atoms with Crippen LogP contribution in [0.2, 0.25) is 20.1 Å². The van der Waals surface area contributed by atoms with Gasteiger partial charge in [0, 0.05) is 10.8 Å². The molecule has 0 fully saturated rings. The van der Waals surface area contributed by atoms with Crippen molar-refractivity contribution in [3.8, 4) is 11.1 Å². The summed E-state index contributed by atoms with van der Waals surface area (Å²) in [5.41, 5.74) is 14.7. The molecular weight excluding hydrogens is 698 g/mol. The Bertz CT molecular complexity index is 2180. The maximum atomic E-state index is 11.9. The first-order chi connectivity index (χ1) is 22.9. The van der Waals surface area contributed by atoms with Crippen molar-refractivity contribution in [3.63, 3.8) is 0 Å². The summed E-state index contributed by atoms with van der Waals surface area (Å²) in [5.74, 6) is -2.28. The van der Waals surface area contributed by atoms with Crippen LogP contribution in [0.1, 0.15) is 20.7 Å². The third kappa shape index (κ3) is 6.10. The van der Waals surface area contributed by atoms with Crippen LogP contribution in [0.15, 0.2) is 105 Å². The highest BCUT2D eigenvalue weighted by atomic mass is 35.5. The van der Waals surface area contributed by atoms with Crippen LogP contribution in [0.4, 0.5) is 34.1 Å². The lowest BCUT2D eigenvalue weighted by Crippen LogP contribution is -1.99. The van der Waals surface area contributed by atoms with Crippen LogP contribution in [0.25, 0.3) is 32.7 Å². The molecule has 0 amide bonds. The van der Waals surface area contributed by atoms with Crippen LogP contribution >= 0.6 is 46.4 Å². The van der Waals surface area contributed by atoms with Gasteiger partial charge in [-0.25, -0.2) is 9.59 Å². The van der Waals surface area contributed by atoms with Crippen LogP contribution in [0.3, 0.4) is 0 Å². The molecule has 6 aromatic rings. The van der Waals surface area contributed by atoms with Gasteiger partial charge in [-0.3, -0.25) is 0 Å². The van der Waals surface area contributed by atoms with Crippen molar-refractivity contribution in [3.05, 3.63) is 116 Å². The van der Waals surface area contributed by atoms with Gasteiger partial charge < -0.3 is 21.7 Å². The van der Waals surface area contributed by atoms with Crippen molar-refractivity contribution in [2.24, 2.45) is 20.5 Å². The summed E-state index contributed by atoms with van der Waals surface area (Å²) in [7, 11) is 0. The second kappa shape index (κ2) is 13.1. The molecule has 0 spiro atoms. The van der Waals surface area contributed by atoms with Crippen molar-refractivity contribution < 1.29 is 19.8 Å². The van der Waals surface area contributed by atoms with Gasteiger partial charge in [0.2, 0.25) is 0 Å². The molecule has 6 aromatic carbocycles. The summed E-state index contributed by atoms with van der Waals surface area (Å²) >= 11 is 26.3. The maximum absolute atomic E-state index is 11.9. The molecule has 48 heavy (non-hydrogen) atoms. The molecule has 0 aromatic heterocycles. The fourth-order valence-corrected chi connectivity index (χ4v) is 6.27. The molecule has 0 atom stereocenters. The Hall–Kier alpha value is -5.26. The zero-order chi connectivity index (χ0) is 34.3. The van der Waals surface area contributed by atoms with Gasteiger partial charge in [-0.05, 0) is 58.3 Å². The molecule has 0 radical (unpaired) electrons. The molecule has 0 bridgehead atoms. The zero-order valence-corrected chi connectivity index (χ0v) is 27.3. The Morgan fingerprint density at radius 3 is 1.12 bits per heavy atom. The minimum absolute atomic E-state index is 0.0174. The maximum Gasteiger partial charge on any atom is 0.336 e. The molecule has 0 heterocycles. The van der Waals surface area contributed by atoms with E-state index in [-0.39, 0.29) is 65.3 Å². The molecule has 0 unspecified atom stereocenters. The third-order valence-electron chi connectivity index (χ3n) is 7.47. The van der Waals surface area contributed by atoms with E-state index in [4.69, 9.17) is 57.9 Å². The Balaban J connectivity index is 1.32. The number of carboxylic acids is 2. The molecule has 6 rings (SSSR count). The van der Waals surface area contributed by atoms with Gasteiger partial charge in [-0.1, -0.05) is 94.9 Å². The summed E-state index contributed by atoms with van der Waals surface area (Å²) in [6.07, 6.45) is 0. The second-order valence-corrected chi connectivity index (χ2v) is 12.0. The Labute approximate surface area is 291 Å². The van der Waals surface area contributed by atoms with Gasteiger partial charge in [-0.15, -0.1) is 20.5 Å². The SMILES string of the molecule is Nc1c(/N=N/c2c(Cl)cc(-c3cc(Cl)c(/N=N/c4cc(C(=O)O)c5ccccc5c4N)c(Cl)c3)cc2Cl)cc(C(=O)O)c2ccccc12. The Morgan fingerprint density at radius 2 is 0.812 bits per heavy atom. The number of hydrogen-bond donors (Lipinski definition) is 4. The lowest BCUT2D eigenvalue weighted by Gasteiger charge is -2.11.